The Morgan fingerprint density at radius 2 is 2.35 bits per heavy atom. The van der Waals surface area contributed by atoms with Crippen LogP contribution in [0.25, 0.3) is 0 Å². The van der Waals surface area contributed by atoms with Gasteiger partial charge in [-0.2, -0.15) is 0 Å². The van der Waals surface area contributed by atoms with Gasteiger partial charge < -0.3 is 26.3 Å². The summed E-state index contributed by atoms with van der Waals surface area (Å²) >= 11 is 0. The van der Waals surface area contributed by atoms with Gasteiger partial charge >= 0.3 is 6.03 Å². The SMILES string of the molecule is CC(C)(CNC(=O)NC1CCOC1)C(N)=NO. The smallest absolute Gasteiger partial charge is 0.315 e. The van der Waals surface area contributed by atoms with Gasteiger partial charge in [0.25, 0.3) is 0 Å². The van der Waals surface area contributed by atoms with Gasteiger partial charge in [-0.1, -0.05) is 19.0 Å². The number of carbonyl (C=O) groups excluding carboxylic acids is 1. The second kappa shape index (κ2) is 5.72. The first-order valence-electron chi connectivity index (χ1n) is 5.56. The van der Waals surface area contributed by atoms with E-state index in [0.717, 1.165) is 6.42 Å². The zero-order valence-electron chi connectivity index (χ0n) is 10.2. The molecule has 1 unspecified atom stereocenters. The molecular weight excluding hydrogens is 224 g/mol. The highest BCUT2D eigenvalue weighted by Crippen LogP contribution is 2.13. The average Bonchev–Trinajstić information content (AvgIpc) is 2.78. The van der Waals surface area contributed by atoms with Crippen LogP contribution < -0.4 is 16.4 Å². The van der Waals surface area contributed by atoms with Gasteiger partial charge in [-0.25, -0.2) is 4.79 Å². The molecule has 0 aromatic rings. The number of hydrogen-bond acceptors (Lipinski definition) is 4. The summed E-state index contributed by atoms with van der Waals surface area (Å²) in [5, 5.41) is 17.0. The fourth-order valence-corrected chi connectivity index (χ4v) is 1.41. The highest BCUT2D eigenvalue weighted by molar-refractivity contribution is 5.86. The van der Waals surface area contributed by atoms with Gasteiger partial charge in [0.1, 0.15) is 5.84 Å². The zero-order valence-corrected chi connectivity index (χ0v) is 10.2. The van der Waals surface area contributed by atoms with E-state index in [1.807, 2.05) is 0 Å². The normalized spacial score (nSPS) is 21.3. The largest absolute Gasteiger partial charge is 0.409 e. The van der Waals surface area contributed by atoms with Gasteiger partial charge in [0.05, 0.1) is 12.6 Å². The Labute approximate surface area is 100 Å². The van der Waals surface area contributed by atoms with Crippen LogP contribution in [0.1, 0.15) is 20.3 Å². The van der Waals surface area contributed by atoms with Gasteiger partial charge in [0, 0.05) is 18.6 Å². The first kappa shape index (κ1) is 13.6. The van der Waals surface area contributed by atoms with E-state index in [1.165, 1.54) is 0 Å². The Morgan fingerprint density at radius 3 is 2.88 bits per heavy atom. The molecule has 1 fully saturated rings. The predicted octanol–water partition coefficient (Wildman–Crippen LogP) is -0.153. The molecule has 1 saturated heterocycles. The molecule has 98 valence electrons. The van der Waals surface area contributed by atoms with Crippen molar-refractivity contribution in [1.82, 2.24) is 10.6 Å². The third kappa shape index (κ3) is 4.10. The van der Waals surface area contributed by atoms with E-state index in [-0.39, 0.29) is 17.9 Å². The fraction of sp³-hybridized carbons (Fsp3) is 0.800. The van der Waals surface area contributed by atoms with Crippen LogP contribution in [0.5, 0.6) is 0 Å². The van der Waals surface area contributed by atoms with Crippen LogP contribution in [0.15, 0.2) is 5.16 Å². The van der Waals surface area contributed by atoms with Crippen LogP contribution >= 0.6 is 0 Å². The van der Waals surface area contributed by atoms with Gasteiger partial charge in [-0.05, 0) is 6.42 Å². The highest BCUT2D eigenvalue weighted by atomic mass is 16.5. The number of nitrogens with two attached hydrogens (primary N) is 1. The monoisotopic (exact) mass is 244 g/mol. The minimum atomic E-state index is -0.585. The number of amidine groups is 1. The molecule has 0 aromatic heterocycles. The summed E-state index contributed by atoms with van der Waals surface area (Å²) in [6.45, 7) is 5.09. The lowest BCUT2D eigenvalue weighted by Crippen LogP contribution is -2.48. The molecule has 0 radical (unpaired) electrons. The number of urea groups is 1. The number of oxime groups is 1. The van der Waals surface area contributed by atoms with Gasteiger partial charge in [0.2, 0.25) is 0 Å². The molecule has 1 aliphatic heterocycles. The summed E-state index contributed by atoms with van der Waals surface area (Å²) in [4.78, 5) is 11.5. The van der Waals surface area contributed by atoms with E-state index in [4.69, 9.17) is 15.7 Å². The van der Waals surface area contributed by atoms with E-state index in [1.54, 1.807) is 13.8 Å². The van der Waals surface area contributed by atoms with Gasteiger partial charge in [0.15, 0.2) is 0 Å². The second-order valence-corrected chi connectivity index (χ2v) is 4.76. The summed E-state index contributed by atoms with van der Waals surface area (Å²) in [6, 6.07) is -0.193. The van der Waals surface area contributed by atoms with Crippen molar-refractivity contribution in [2.45, 2.75) is 26.3 Å². The first-order valence-corrected chi connectivity index (χ1v) is 5.56. The number of rotatable bonds is 4. The molecule has 0 aromatic carbocycles. The molecule has 1 aliphatic rings. The average molecular weight is 244 g/mol. The molecule has 0 spiro atoms. The van der Waals surface area contributed by atoms with Crippen molar-refractivity contribution in [2.24, 2.45) is 16.3 Å². The maximum Gasteiger partial charge on any atom is 0.315 e. The summed E-state index contributed by atoms with van der Waals surface area (Å²) in [6.07, 6.45) is 0.830. The number of nitrogens with one attached hydrogen (secondary N) is 2. The van der Waals surface area contributed by atoms with Crippen molar-refractivity contribution >= 4 is 11.9 Å². The molecule has 17 heavy (non-hydrogen) atoms. The minimum absolute atomic E-state index is 0.0713. The van der Waals surface area contributed by atoms with E-state index in [9.17, 15) is 4.79 Å². The van der Waals surface area contributed by atoms with Crippen LogP contribution in [0, 0.1) is 5.41 Å². The summed E-state index contributed by atoms with van der Waals surface area (Å²) in [7, 11) is 0. The number of nitrogens with zero attached hydrogens (tertiary/aromatic N) is 1. The van der Waals surface area contributed by atoms with Gasteiger partial charge in [-0.3, -0.25) is 0 Å². The van der Waals surface area contributed by atoms with Crippen molar-refractivity contribution in [3.8, 4) is 0 Å². The van der Waals surface area contributed by atoms with Crippen LogP contribution in [0.3, 0.4) is 0 Å². The molecule has 1 heterocycles. The predicted molar refractivity (Wildman–Crippen MR) is 62.9 cm³/mol. The maximum absolute atomic E-state index is 11.5. The molecule has 7 nitrogen and oxygen atoms in total. The number of hydrogen-bond donors (Lipinski definition) is 4. The minimum Gasteiger partial charge on any atom is -0.409 e. The highest BCUT2D eigenvalue weighted by Gasteiger charge is 2.25. The maximum atomic E-state index is 11.5. The van der Waals surface area contributed by atoms with E-state index in [0.29, 0.717) is 19.8 Å². The number of ether oxygens (including phenoxy) is 1. The molecule has 1 atom stereocenters. The van der Waals surface area contributed by atoms with Crippen molar-refractivity contribution in [2.75, 3.05) is 19.8 Å². The van der Waals surface area contributed by atoms with Crippen molar-refractivity contribution in [3.63, 3.8) is 0 Å². The Kier molecular flexibility index (Phi) is 4.56. The molecule has 0 bridgehead atoms. The van der Waals surface area contributed by atoms with Crippen molar-refractivity contribution < 1.29 is 14.7 Å². The lowest BCUT2D eigenvalue weighted by atomic mass is 9.92. The molecule has 0 saturated carbocycles. The third-order valence-corrected chi connectivity index (χ3v) is 2.76. The van der Waals surface area contributed by atoms with Crippen LogP contribution in [0.4, 0.5) is 4.79 Å². The molecule has 5 N–H and O–H groups in total. The van der Waals surface area contributed by atoms with Crippen molar-refractivity contribution in [1.29, 1.82) is 0 Å². The van der Waals surface area contributed by atoms with E-state index < -0.39 is 5.41 Å². The van der Waals surface area contributed by atoms with Gasteiger partial charge in [-0.15, -0.1) is 0 Å². The lowest BCUT2D eigenvalue weighted by Gasteiger charge is -2.23. The number of amides is 2. The second-order valence-electron chi connectivity index (χ2n) is 4.76. The Bertz CT molecular complexity index is 298. The number of carbonyl (C=O) groups is 1. The third-order valence-electron chi connectivity index (χ3n) is 2.76. The van der Waals surface area contributed by atoms with Crippen LogP contribution in [-0.2, 0) is 4.74 Å². The quantitative estimate of drug-likeness (QED) is 0.238. The molecular formula is C10H20N4O3. The van der Waals surface area contributed by atoms with Crippen LogP contribution in [0.2, 0.25) is 0 Å². The lowest BCUT2D eigenvalue weighted by molar-refractivity contribution is 0.188. The summed E-state index contributed by atoms with van der Waals surface area (Å²) in [5.41, 5.74) is 4.92. The molecule has 0 aliphatic carbocycles. The first-order chi connectivity index (χ1) is 7.95. The Morgan fingerprint density at radius 1 is 1.65 bits per heavy atom. The van der Waals surface area contributed by atoms with Crippen molar-refractivity contribution in [3.05, 3.63) is 0 Å². The summed E-state index contributed by atoms with van der Waals surface area (Å²) < 4.78 is 5.14. The molecule has 1 rings (SSSR count). The standard InChI is InChI=1S/C10H20N4O3/c1-10(2,8(11)14-16)6-12-9(15)13-7-3-4-17-5-7/h7,16H,3-6H2,1-2H3,(H2,11,14)(H2,12,13,15). The van der Waals surface area contributed by atoms with E-state index in [2.05, 4.69) is 15.8 Å². The Hall–Kier alpha value is -1.50. The zero-order chi connectivity index (χ0) is 12.9. The molecule has 2 amide bonds. The van der Waals surface area contributed by atoms with E-state index >= 15 is 0 Å². The molecule has 7 heteroatoms. The summed E-state index contributed by atoms with van der Waals surface area (Å²) in [5.74, 6) is 0.0852. The topological polar surface area (TPSA) is 109 Å². The fourth-order valence-electron chi connectivity index (χ4n) is 1.41. The van der Waals surface area contributed by atoms with Crippen LogP contribution in [-0.4, -0.2) is 42.9 Å². The Balaban J connectivity index is 2.32.